The van der Waals surface area contributed by atoms with Gasteiger partial charge >= 0.3 is 6.03 Å². The Labute approximate surface area is 149 Å². The van der Waals surface area contributed by atoms with Crippen molar-refractivity contribution in [3.63, 3.8) is 0 Å². The third-order valence-electron chi connectivity index (χ3n) is 4.71. The second-order valence-corrected chi connectivity index (χ2v) is 7.24. The Kier molecular flexibility index (Phi) is 5.87. The number of piperidine rings is 1. The number of nitrogens with zero attached hydrogens (tertiary/aromatic N) is 2. The lowest BCUT2D eigenvalue weighted by molar-refractivity contribution is 0.165. The number of hydrogen-bond donors (Lipinski definition) is 2. The van der Waals surface area contributed by atoms with E-state index in [9.17, 15) is 4.79 Å². The first kappa shape index (κ1) is 17.7. The molecule has 2 aromatic rings. The molecule has 2 amide bonds. The number of para-hydroxylation sites is 1. The van der Waals surface area contributed by atoms with Crippen molar-refractivity contribution in [2.24, 2.45) is 5.92 Å². The molecule has 0 aliphatic carbocycles. The lowest BCUT2D eigenvalue weighted by Crippen LogP contribution is -2.45. The number of aromatic nitrogens is 1. The van der Waals surface area contributed by atoms with E-state index in [1.165, 1.54) is 23.8 Å². The Morgan fingerprint density at radius 3 is 3.00 bits per heavy atom. The van der Waals surface area contributed by atoms with Crippen molar-refractivity contribution >= 4 is 16.9 Å². The van der Waals surface area contributed by atoms with Crippen molar-refractivity contribution in [2.75, 3.05) is 19.6 Å². The zero-order valence-corrected chi connectivity index (χ0v) is 15.2. The number of nitrogens with one attached hydrogen (secondary N) is 2. The zero-order valence-electron chi connectivity index (χ0n) is 15.2. The lowest BCUT2D eigenvalue weighted by atomic mass is 9.97. The topological polar surface area (TPSA) is 57.3 Å². The number of likely N-dealkylation sites (tertiary alicyclic amines) is 1. The van der Waals surface area contributed by atoms with Crippen LogP contribution in [0, 0.1) is 5.92 Å². The van der Waals surface area contributed by atoms with Crippen LogP contribution in [-0.2, 0) is 6.54 Å². The second kappa shape index (κ2) is 8.30. The molecule has 2 N–H and O–H groups in total. The van der Waals surface area contributed by atoms with Crippen LogP contribution in [0.1, 0.15) is 32.3 Å². The maximum Gasteiger partial charge on any atom is 0.314 e. The molecule has 0 radical (unpaired) electrons. The molecule has 134 valence electrons. The van der Waals surface area contributed by atoms with Gasteiger partial charge in [-0.2, -0.15) is 0 Å². The van der Waals surface area contributed by atoms with Gasteiger partial charge in [-0.05, 0) is 56.8 Å². The van der Waals surface area contributed by atoms with Crippen LogP contribution in [0.25, 0.3) is 10.9 Å². The van der Waals surface area contributed by atoms with E-state index < -0.39 is 0 Å². The van der Waals surface area contributed by atoms with Crippen molar-refractivity contribution in [3.05, 3.63) is 42.1 Å². The number of carbonyl (C=O) groups is 1. The molecule has 1 aromatic carbocycles. The highest BCUT2D eigenvalue weighted by Gasteiger charge is 2.21. The molecule has 25 heavy (non-hydrogen) atoms. The molecule has 2 heterocycles. The van der Waals surface area contributed by atoms with Gasteiger partial charge in [0.05, 0.1) is 5.52 Å². The SMILES string of the molecule is CC(C)NC(=O)NCC1CCCN(Cc2ccnc3ccccc23)C1. The monoisotopic (exact) mass is 340 g/mol. The average molecular weight is 340 g/mol. The van der Waals surface area contributed by atoms with Gasteiger partial charge < -0.3 is 10.6 Å². The Hall–Kier alpha value is -2.14. The first-order valence-electron chi connectivity index (χ1n) is 9.21. The fraction of sp³-hybridized carbons (Fsp3) is 0.500. The fourth-order valence-electron chi connectivity index (χ4n) is 3.55. The number of benzene rings is 1. The molecule has 1 aliphatic rings. The van der Waals surface area contributed by atoms with E-state index in [-0.39, 0.29) is 12.1 Å². The van der Waals surface area contributed by atoms with Crippen LogP contribution in [0.15, 0.2) is 36.5 Å². The van der Waals surface area contributed by atoms with Gasteiger partial charge in [0, 0.05) is 37.3 Å². The fourth-order valence-corrected chi connectivity index (χ4v) is 3.55. The molecular weight excluding hydrogens is 312 g/mol. The minimum atomic E-state index is -0.0627. The molecule has 1 aromatic heterocycles. The van der Waals surface area contributed by atoms with E-state index in [4.69, 9.17) is 0 Å². The summed E-state index contributed by atoms with van der Waals surface area (Å²) in [5, 5.41) is 7.13. The molecule has 0 spiro atoms. The Morgan fingerprint density at radius 2 is 2.16 bits per heavy atom. The van der Waals surface area contributed by atoms with Crippen LogP contribution >= 0.6 is 0 Å². The standard InChI is InChI=1S/C20H28N4O/c1-15(2)23-20(25)22-12-16-6-5-11-24(13-16)14-17-9-10-21-19-8-4-3-7-18(17)19/h3-4,7-10,15-16H,5-6,11-14H2,1-2H3,(H2,22,23,25). The van der Waals surface area contributed by atoms with Crippen molar-refractivity contribution < 1.29 is 4.79 Å². The van der Waals surface area contributed by atoms with Gasteiger partial charge in [-0.1, -0.05) is 18.2 Å². The summed E-state index contributed by atoms with van der Waals surface area (Å²) in [5.41, 5.74) is 2.39. The summed E-state index contributed by atoms with van der Waals surface area (Å²) in [6, 6.07) is 10.6. The molecule has 5 nitrogen and oxygen atoms in total. The summed E-state index contributed by atoms with van der Waals surface area (Å²) in [5.74, 6) is 0.514. The maximum atomic E-state index is 11.8. The molecule has 3 rings (SSSR count). The molecule has 1 aliphatic heterocycles. The predicted molar refractivity (Wildman–Crippen MR) is 101 cm³/mol. The summed E-state index contributed by atoms with van der Waals surface area (Å²) >= 11 is 0. The summed E-state index contributed by atoms with van der Waals surface area (Å²) in [4.78, 5) is 18.7. The second-order valence-electron chi connectivity index (χ2n) is 7.24. The smallest absolute Gasteiger partial charge is 0.314 e. The Bertz CT molecular complexity index is 710. The first-order valence-corrected chi connectivity index (χ1v) is 9.21. The number of amides is 2. The number of fused-ring (bicyclic) bond motifs is 1. The van der Waals surface area contributed by atoms with E-state index in [1.807, 2.05) is 26.1 Å². The minimum absolute atomic E-state index is 0.0627. The Balaban J connectivity index is 1.57. The van der Waals surface area contributed by atoms with E-state index in [2.05, 4.69) is 44.8 Å². The summed E-state index contributed by atoms with van der Waals surface area (Å²) in [6.07, 6.45) is 4.26. The van der Waals surface area contributed by atoms with Crippen LogP contribution in [0.3, 0.4) is 0 Å². The van der Waals surface area contributed by atoms with Crippen LogP contribution in [0.5, 0.6) is 0 Å². The van der Waals surface area contributed by atoms with Gasteiger partial charge in [0.25, 0.3) is 0 Å². The molecule has 1 unspecified atom stereocenters. The highest BCUT2D eigenvalue weighted by atomic mass is 16.2. The summed E-state index contributed by atoms with van der Waals surface area (Å²) < 4.78 is 0. The van der Waals surface area contributed by atoms with Gasteiger partial charge in [0.1, 0.15) is 0 Å². The molecule has 1 fully saturated rings. The van der Waals surface area contributed by atoms with Gasteiger partial charge in [0.15, 0.2) is 0 Å². The first-order chi connectivity index (χ1) is 12.1. The van der Waals surface area contributed by atoms with Gasteiger partial charge in [-0.25, -0.2) is 4.79 Å². The van der Waals surface area contributed by atoms with Crippen LogP contribution in [-0.4, -0.2) is 41.6 Å². The Morgan fingerprint density at radius 1 is 1.32 bits per heavy atom. The molecule has 5 heteroatoms. The summed E-state index contributed by atoms with van der Waals surface area (Å²) in [7, 11) is 0. The average Bonchev–Trinajstić information content (AvgIpc) is 2.60. The predicted octanol–water partition coefficient (Wildman–Crippen LogP) is 3.15. The molecule has 1 atom stereocenters. The van der Waals surface area contributed by atoms with Crippen molar-refractivity contribution in [3.8, 4) is 0 Å². The highest BCUT2D eigenvalue weighted by molar-refractivity contribution is 5.81. The van der Waals surface area contributed by atoms with E-state index >= 15 is 0 Å². The zero-order chi connectivity index (χ0) is 17.6. The van der Waals surface area contributed by atoms with Crippen molar-refractivity contribution in [1.29, 1.82) is 0 Å². The molecule has 1 saturated heterocycles. The number of carbonyl (C=O) groups excluding carboxylic acids is 1. The number of hydrogen-bond acceptors (Lipinski definition) is 3. The van der Waals surface area contributed by atoms with E-state index in [0.717, 1.165) is 31.7 Å². The third kappa shape index (κ3) is 4.92. The third-order valence-corrected chi connectivity index (χ3v) is 4.71. The van der Waals surface area contributed by atoms with Gasteiger partial charge in [-0.3, -0.25) is 9.88 Å². The number of rotatable bonds is 5. The van der Waals surface area contributed by atoms with Crippen LogP contribution < -0.4 is 10.6 Å². The summed E-state index contributed by atoms with van der Waals surface area (Å²) in [6.45, 7) is 7.77. The molecule has 0 saturated carbocycles. The van der Waals surface area contributed by atoms with Gasteiger partial charge in [0.2, 0.25) is 0 Å². The van der Waals surface area contributed by atoms with Crippen LogP contribution in [0.2, 0.25) is 0 Å². The molecule has 0 bridgehead atoms. The minimum Gasteiger partial charge on any atom is -0.338 e. The van der Waals surface area contributed by atoms with Crippen LogP contribution in [0.4, 0.5) is 4.79 Å². The highest BCUT2D eigenvalue weighted by Crippen LogP contribution is 2.22. The normalized spacial score (nSPS) is 18.4. The van der Waals surface area contributed by atoms with Gasteiger partial charge in [-0.15, -0.1) is 0 Å². The number of pyridine rings is 1. The van der Waals surface area contributed by atoms with E-state index in [0.29, 0.717) is 5.92 Å². The van der Waals surface area contributed by atoms with Crippen molar-refractivity contribution in [2.45, 2.75) is 39.3 Å². The number of urea groups is 1. The quantitative estimate of drug-likeness (QED) is 0.879. The van der Waals surface area contributed by atoms with E-state index in [1.54, 1.807) is 0 Å². The molecular formula is C20H28N4O. The maximum absolute atomic E-state index is 11.8. The van der Waals surface area contributed by atoms with Crippen molar-refractivity contribution in [1.82, 2.24) is 20.5 Å². The lowest BCUT2D eigenvalue weighted by Gasteiger charge is -2.33. The largest absolute Gasteiger partial charge is 0.338 e.